The van der Waals surface area contributed by atoms with E-state index < -0.39 is 36.5 Å². The quantitative estimate of drug-likeness (QED) is 0.379. The van der Waals surface area contributed by atoms with Crippen molar-refractivity contribution >= 4 is 36.5 Å². The van der Waals surface area contributed by atoms with Crippen molar-refractivity contribution in [2.45, 2.75) is 136 Å². The summed E-state index contributed by atoms with van der Waals surface area (Å²) in [4.78, 5) is 0. The predicted molar refractivity (Wildman–Crippen MR) is 141 cm³/mol. The van der Waals surface area contributed by atoms with Gasteiger partial charge in [0.05, 0.1) is 7.59 Å². The van der Waals surface area contributed by atoms with Crippen LogP contribution in [-0.2, 0) is 0 Å². The SMILES string of the molecule is CC(C)(C)[Si](C(C)(C)C)(C(C)(C)C)[Si]([Si](C)(C)C)([Si](C)(C)C)[Si](C)(C)C. The Labute approximate surface area is 172 Å². The molecule has 0 aromatic rings. The van der Waals surface area contributed by atoms with E-state index in [1.807, 2.05) is 0 Å². The molecule has 158 valence electrons. The van der Waals surface area contributed by atoms with Gasteiger partial charge in [-0.1, -0.05) is 121 Å². The van der Waals surface area contributed by atoms with E-state index in [1.54, 1.807) is 0 Å². The van der Waals surface area contributed by atoms with Gasteiger partial charge in [0.1, 0.15) is 0 Å². The molecule has 0 unspecified atom stereocenters. The average Bonchev–Trinajstić information content (AvgIpc) is 2.12. The molecule has 0 aliphatic carbocycles. The van der Waals surface area contributed by atoms with E-state index in [0.717, 1.165) is 0 Å². The molecule has 0 radical (unpaired) electrons. The summed E-state index contributed by atoms with van der Waals surface area (Å²) in [7, 11) is -5.81. The minimum Gasteiger partial charge on any atom is -0.0720 e. The first-order chi connectivity index (χ1) is 10.8. The van der Waals surface area contributed by atoms with Gasteiger partial charge in [0.15, 0.2) is 0 Å². The molecule has 0 atom stereocenters. The zero-order chi connectivity index (χ0) is 22.0. The fourth-order valence-corrected chi connectivity index (χ4v) is 192. The first-order valence-electron chi connectivity index (χ1n) is 10.8. The normalized spacial score (nSPS) is 16.8. The highest BCUT2D eigenvalue weighted by molar-refractivity contribution is 8.07. The van der Waals surface area contributed by atoms with Crippen LogP contribution >= 0.6 is 0 Å². The van der Waals surface area contributed by atoms with Gasteiger partial charge in [0.25, 0.3) is 0 Å². The van der Waals surface area contributed by atoms with Crippen LogP contribution in [0.1, 0.15) is 62.3 Å². The summed E-state index contributed by atoms with van der Waals surface area (Å²) < 4.78 is 0. The lowest BCUT2D eigenvalue weighted by molar-refractivity contribution is 0.554. The summed E-state index contributed by atoms with van der Waals surface area (Å²) in [5.74, 6) is 0. The predicted octanol–water partition coefficient (Wildman–Crippen LogP) is 8.61. The second kappa shape index (κ2) is 6.81. The molecule has 0 saturated heterocycles. The van der Waals surface area contributed by atoms with Gasteiger partial charge in [-0.05, 0) is 15.1 Å². The molecule has 0 aromatic heterocycles. The summed E-state index contributed by atoms with van der Waals surface area (Å²) >= 11 is 0. The van der Waals surface area contributed by atoms with Crippen molar-refractivity contribution in [2.75, 3.05) is 0 Å². The second-order valence-corrected chi connectivity index (χ2v) is 69.8. The zero-order valence-corrected chi connectivity index (χ0v) is 27.0. The van der Waals surface area contributed by atoms with Crippen LogP contribution in [0.25, 0.3) is 0 Å². The van der Waals surface area contributed by atoms with Crippen LogP contribution in [0.3, 0.4) is 0 Å². The molecule has 0 spiro atoms. The smallest absolute Gasteiger partial charge is 0.0563 e. The summed E-state index contributed by atoms with van der Waals surface area (Å²) in [6.45, 7) is 49.2. The van der Waals surface area contributed by atoms with Gasteiger partial charge in [0.2, 0.25) is 0 Å². The minimum atomic E-state index is -1.76. The number of hydrogen-bond donors (Lipinski definition) is 0. The molecule has 0 fully saturated rings. The average molecular weight is 447 g/mol. The monoisotopic (exact) mass is 446 g/mol. The number of rotatable bonds is 4. The van der Waals surface area contributed by atoms with Crippen LogP contribution in [0.4, 0.5) is 0 Å². The highest BCUT2D eigenvalue weighted by atomic mass is 30.2. The first-order valence-corrected chi connectivity index (χ1v) is 29.2. The Hall–Kier alpha value is 1.08. The molecule has 26 heavy (non-hydrogen) atoms. The van der Waals surface area contributed by atoms with Crippen molar-refractivity contribution in [2.24, 2.45) is 0 Å². The third-order valence-corrected chi connectivity index (χ3v) is 123. The van der Waals surface area contributed by atoms with E-state index >= 15 is 0 Å². The molecule has 0 aliphatic heterocycles. The van der Waals surface area contributed by atoms with Crippen molar-refractivity contribution < 1.29 is 0 Å². The summed E-state index contributed by atoms with van der Waals surface area (Å²) in [6.07, 6.45) is -1.53. The van der Waals surface area contributed by atoms with E-state index in [-0.39, 0.29) is 0 Å². The Morgan fingerprint density at radius 1 is 0.346 bits per heavy atom. The van der Waals surface area contributed by atoms with Crippen molar-refractivity contribution in [1.82, 2.24) is 0 Å². The summed E-state index contributed by atoms with van der Waals surface area (Å²) in [6, 6.07) is 0. The molecule has 0 bridgehead atoms. The fraction of sp³-hybridized carbons (Fsp3) is 1.00. The van der Waals surface area contributed by atoms with Gasteiger partial charge in [-0.2, -0.15) is 0 Å². The Balaban J connectivity index is 8.17. The topological polar surface area (TPSA) is 0 Å². The molecule has 0 aromatic carbocycles. The Kier molecular flexibility index (Phi) is 7.10. The van der Waals surface area contributed by atoms with Gasteiger partial charge in [0, 0.05) is 28.9 Å². The highest BCUT2D eigenvalue weighted by Gasteiger charge is 2.79. The molecule has 0 nitrogen and oxygen atoms in total. The molecule has 0 amide bonds. The van der Waals surface area contributed by atoms with Crippen LogP contribution < -0.4 is 0 Å². The minimum absolute atomic E-state index is 0.441. The lowest BCUT2D eigenvalue weighted by atomic mass is 10.2. The highest BCUT2D eigenvalue weighted by Crippen LogP contribution is 2.69. The molecular weight excluding hydrogens is 393 g/mol. The molecule has 0 N–H and O–H groups in total. The zero-order valence-electron chi connectivity index (χ0n) is 22.0. The lowest BCUT2D eigenvalue weighted by Crippen LogP contribution is -2.98. The van der Waals surface area contributed by atoms with E-state index in [1.165, 1.54) is 0 Å². The van der Waals surface area contributed by atoms with Gasteiger partial charge in [-0.15, -0.1) is 0 Å². The molecule has 0 rings (SSSR count). The second-order valence-electron chi connectivity index (χ2n) is 15.0. The van der Waals surface area contributed by atoms with Crippen LogP contribution in [0.15, 0.2) is 0 Å². The van der Waals surface area contributed by atoms with Gasteiger partial charge in [-0.25, -0.2) is 0 Å². The third kappa shape index (κ3) is 3.54. The van der Waals surface area contributed by atoms with Crippen molar-refractivity contribution in [3.05, 3.63) is 0 Å². The molecule has 0 aliphatic rings. The van der Waals surface area contributed by atoms with Crippen molar-refractivity contribution in [3.8, 4) is 0 Å². The van der Waals surface area contributed by atoms with E-state index in [2.05, 4.69) is 121 Å². The van der Waals surface area contributed by atoms with E-state index in [9.17, 15) is 0 Å². The maximum atomic E-state index is 2.81. The number of hydrogen-bond acceptors (Lipinski definition) is 0. The molecular formula is C21H54Si5. The van der Waals surface area contributed by atoms with Crippen molar-refractivity contribution in [1.29, 1.82) is 0 Å². The molecule has 0 saturated carbocycles. The van der Waals surface area contributed by atoms with Crippen LogP contribution in [-0.4, -0.2) is 36.5 Å². The van der Waals surface area contributed by atoms with E-state index in [4.69, 9.17) is 0 Å². The standard InChI is InChI=1S/C21H54Si5/c1-19(2,3)25(20(4,5)6,21(7,8)9)26(22(10,11)12,23(13,14)15)24(16,17)18/h1-18H3. The maximum Gasteiger partial charge on any atom is 0.0563 e. The van der Waals surface area contributed by atoms with Crippen LogP contribution in [0.2, 0.25) is 74.0 Å². The Bertz CT molecular complexity index is 373. The third-order valence-electron chi connectivity index (χ3n) is 7.31. The Morgan fingerprint density at radius 3 is 0.538 bits per heavy atom. The molecule has 5 heteroatoms. The first kappa shape index (κ1) is 27.1. The van der Waals surface area contributed by atoms with E-state index in [0.29, 0.717) is 15.1 Å². The van der Waals surface area contributed by atoms with Crippen LogP contribution in [0, 0.1) is 0 Å². The van der Waals surface area contributed by atoms with Crippen molar-refractivity contribution in [3.63, 3.8) is 0 Å². The molecule has 0 heterocycles. The lowest BCUT2D eigenvalue weighted by Gasteiger charge is -2.77. The van der Waals surface area contributed by atoms with Gasteiger partial charge >= 0.3 is 0 Å². The van der Waals surface area contributed by atoms with Gasteiger partial charge in [-0.3, -0.25) is 0 Å². The summed E-state index contributed by atoms with van der Waals surface area (Å²) in [5, 5.41) is 1.32. The van der Waals surface area contributed by atoms with Gasteiger partial charge < -0.3 is 0 Å². The Morgan fingerprint density at radius 2 is 0.500 bits per heavy atom. The summed E-state index contributed by atoms with van der Waals surface area (Å²) in [5.41, 5.74) is 0. The fourth-order valence-electron chi connectivity index (χ4n) is 10.1. The largest absolute Gasteiger partial charge is 0.0720 e. The van der Waals surface area contributed by atoms with Crippen LogP contribution in [0.5, 0.6) is 0 Å². The maximum absolute atomic E-state index is 2.81.